The monoisotopic (exact) mass is 241 g/mol. The molecule has 0 aromatic rings. The Morgan fingerprint density at radius 1 is 1.41 bits per heavy atom. The average molecular weight is 241 g/mol. The fourth-order valence-corrected chi connectivity index (χ4v) is 1.93. The molecule has 2 atom stereocenters. The van der Waals surface area contributed by atoms with E-state index < -0.39 is 6.04 Å². The van der Waals surface area contributed by atoms with E-state index >= 15 is 0 Å². The maximum atomic E-state index is 12.1. The van der Waals surface area contributed by atoms with Gasteiger partial charge in [-0.15, -0.1) is 0 Å². The van der Waals surface area contributed by atoms with Crippen LogP contribution < -0.4 is 11.1 Å². The summed E-state index contributed by atoms with van der Waals surface area (Å²) in [6, 6.07) is -0.415. The van der Waals surface area contributed by atoms with Gasteiger partial charge in [-0.3, -0.25) is 9.59 Å². The van der Waals surface area contributed by atoms with Gasteiger partial charge in [-0.2, -0.15) is 0 Å². The molecule has 1 unspecified atom stereocenters. The lowest BCUT2D eigenvalue weighted by Gasteiger charge is -2.29. The molecular weight excluding hydrogens is 218 g/mol. The highest BCUT2D eigenvalue weighted by molar-refractivity contribution is 5.83. The molecule has 1 heterocycles. The maximum absolute atomic E-state index is 12.1. The minimum absolute atomic E-state index is 0.0228. The van der Waals surface area contributed by atoms with Crippen LogP contribution in [0.2, 0.25) is 0 Å². The molecule has 1 aliphatic rings. The van der Waals surface area contributed by atoms with Gasteiger partial charge in [0.05, 0.1) is 6.04 Å². The first-order valence-electron chi connectivity index (χ1n) is 6.03. The largest absolute Gasteiger partial charge is 0.352 e. The molecule has 0 radical (unpaired) electrons. The molecule has 1 aliphatic heterocycles. The highest BCUT2D eigenvalue weighted by Crippen LogP contribution is 2.21. The van der Waals surface area contributed by atoms with Crippen LogP contribution in [0, 0.1) is 5.41 Å². The Balaban J connectivity index is 2.54. The van der Waals surface area contributed by atoms with Gasteiger partial charge in [-0.05, 0) is 11.8 Å². The lowest BCUT2D eigenvalue weighted by Crippen LogP contribution is -2.50. The number of carbonyl (C=O) groups excluding carboxylic acids is 2. The van der Waals surface area contributed by atoms with E-state index in [2.05, 4.69) is 5.32 Å². The first-order chi connectivity index (χ1) is 7.71. The highest BCUT2D eigenvalue weighted by Gasteiger charge is 2.34. The van der Waals surface area contributed by atoms with Gasteiger partial charge in [-0.25, -0.2) is 0 Å². The molecule has 2 amide bonds. The fourth-order valence-electron chi connectivity index (χ4n) is 1.93. The quantitative estimate of drug-likeness (QED) is 0.720. The lowest BCUT2D eigenvalue weighted by molar-refractivity contribution is -0.134. The van der Waals surface area contributed by atoms with Crippen molar-refractivity contribution in [1.29, 1.82) is 0 Å². The standard InChI is InChI=1S/C12H23N3O2/c1-8(16)14-9-5-6-15(7-9)11(17)10(13)12(2,3)4/h9-10H,5-7,13H2,1-4H3,(H,14,16)/t9?,10-/m1/s1. The summed E-state index contributed by atoms with van der Waals surface area (Å²) in [6.45, 7) is 8.60. The number of nitrogens with two attached hydrogens (primary N) is 1. The summed E-state index contributed by atoms with van der Waals surface area (Å²) in [6.07, 6.45) is 0.808. The number of nitrogens with zero attached hydrogens (tertiary/aromatic N) is 1. The molecule has 0 aromatic carbocycles. The molecule has 1 fully saturated rings. The topological polar surface area (TPSA) is 75.4 Å². The number of amides is 2. The number of carbonyl (C=O) groups is 2. The van der Waals surface area contributed by atoms with Crippen LogP contribution >= 0.6 is 0 Å². The first-order valence-corrected chi connectivity index (χ1v) is 6.03. The molecule has 1 saturated heterocycles. The zero-order chi connectivity index (χ0) is 13.2. The first kappa shape index (κ1) is 14.0. The van der Waals surface area contributed by atoms with Gasteiger partial charge in [0.1, 0.15) is 0 Å². The van der Waals surface area contributed by atoms with Crippen molar-refractivity contribution in [2.45, 2.75) is 46.2 Å². The molecule has 5 heteroatoms. The van der Waals surface area contributed by atoms with E-state index in [-0.39, 0.29) is 23.3 Å². The number of hydrogen-bond donors (Lipinski definition) is 2. The van der Waals surface area contributed by atoms with Crippen LogP contribution in [0.4, 0.5) is 0 Å². The second kappa shape index (κ2) is 5.04. The van der Waals surface area contributed by atoms with E-state index in [0.29, 0.717) is 13.1 Å². The van der Waals surface area contributed by atoms with Crippen molar-refractivity contribution >= 4 is 11.8 Å². The number of nitrogens with one attached hydrogen (secondary N) is 1. The van der Waals surface area contributed by atoms with Gasteiger partial charge in [0, 0.05) is 26.1 Å². The fraction of sp³-hybridized carbons (Fsp3) is 0.833. The number of rotatable bonds is 2. The smallest absolute Gasteiger partial charge is 0.240 e. The summed E-state index contributed by atoms with van der Waals surface area (Å²) in [4.78, 5) is 24.8. The van der Waals surface area contributed by atoms with Crippen LogP contribution in [0.3, 0.4) is 0 Å². The van der Waals surface area contributed by atoms with Crippen molar-refractivity contribution in [3.05, 3.63) is 0 Å². The summed E-state index contributed by atoms with van der Waals surface area (Å²) in [5, 5.41) is 2.83. The van der Waals surface area contributed by atoms with Crippen LogP contribution in [-0.2, 0) is 9.59 Å². The molecule has 17 heavy (non-hydrogen) atoms. The molecular formula is C12H23N3O2. The van der Waals surface area contributed by atoms with Gasteiger partial charge < -0.3 is 16.0 Å². The van der Waals surface area contributed by atoms with E-state index in [0.717, 1.165) is 6.42 Å². The third-order valence-electron chi connectivity index (χ3n) is 3.11. The average Bonchev–Trinajstić information content (AvgIpc) is 2.61. The minimum atomic E-state index is -0.487. The lowest BCUT2D eigenvalue weighted by atomic mass is 9.86. The van der Waals surface area contributed by atoms with Crippen molar-refractivity contribution < 1.29 is 9.59 Å². The summed E-state index contributed by atoms with van der Waals surface area (Å²) >= 11 is 0. The van der Waals surface area contributed by atoms with Crippen LogP contribution in [0.25, 0.3) is 0 Å². The molecule has 5 nitrogen and oxygen atoms in total. The predicted molar refractivity (Wildman–Crippen MR) is 66.2 cm³/mol. The van der Waals surface area contributed by atoms with Crippen LogP contribution in [-0.4, -0.2) is 41.9 Å². The van der Waals surface area contributed by atoms with Crippen LogP contribution in [0.5, 0.6) is 0 Å². The Bertz CT molecular complexity index is 309. The highest BCUT2D eigenvalue weighted by atomic mass is 16.2. The second-order valence-electron chi connectivity index (χ2n) is 5.81. The molecule has 0 aromatic heterocycles. The Kier molecular flexibility index (Phi) is 4.14. The van der Waals surface area contributed by atoms with E-state index in [1.807, 2.05) is 20.8 Å². The van der Waals surface area contributed by atoms with E-state index in [9.17, 15) is 9.59 Å². The van der Waals surface area contributed by atoms with Crippen molar-refractivity contribution in [2.75, 3.05) is 13.1 Å². The summed E-state index contributed by atoms with van der Waals surface area (Å²) < 4.78 is 0. The van der Waals surface area contributed by atoms with Gasteiger partial charge in [-0.1, -0.05) is 20.8 Å². The van der Waals surface area contributed by atoms with Crippen molar-refractivity contribution in [3.63, 3.8) is 0 Å². The molecule has 0 saturated carbocycles. The third kappa shape index (κ3) is 3.70. The Morgan fingerprint density at radius 3 is 2.47 bits per heavy atom. The van der Waals surface area contributed by atoms with Gasteiger partial charge in [0.25, 0.3) is 0 Å². The van der Waals surface area contributed by atoms with Crippen molar-refractivity contribution in [2.24, 2.45) is 11.1 Å². The van der Waals surface area contributed by atoms with Crippen molar-refractivity contribution in [3.8, 4) is 0 Å². The molecule has 0 spiro atoms. The summed E-state index contributed by atoms with van der Waals surface area (Å²) in [5.74, 6) is -0.0743. The second-order valence-corrected chi connectivity index (χ2v) is 5.81. The van der Waals surface area contributed by atoms with Gasteiger partial charge in [0.2, 0.25) is 11.8 Å². The number of likely N-dealkylation sites (tertiary alicyclic amines) is 1. The Hall–Kier alpha value is -1.10. The van der Waals surface area contributed by atoms with E-state index in [1.54, 1.807) is 4.90 Å². The predicted octanol–water partition coefficient (Wildman–Crippen LogP) is 0.0968. The Labute approximate surface area is 103 Å². The van der Waals surface area contributed by atoms with Crippen LogP contribution in [0.1, 0.15) is 34.1 Å². The molecule has 0 aliphatic carbocycles. The zero-order valence-electron chi connectivity index (χ0n) is 11.1. The van der Waals surface area contributed by atoms with Gasteiger partial charge in [0.15, 0.2) is 0 Å². The summed E-state index contributed by atoms with van der Waals surface area (Å²) in [7, 11) is 0. The van der Waals surface area contributed by atoms with E-state index in [1.165, 1.54) is 6.92 Å². The minimum Gasteiger partial charge on any atom is -0.352 e. The van der Waals surface area contributed by atoms with Gasteiger partial charge >= 0.3 is 0 Å². The van der Waals surface area contributed by atoms with Crippen LogP contribution in [0.15, 0.2) is 0 Å². The van der Waals surface area contributed by atoms with Crippen molar-refractivity contribution in [1.82, 2.24) is 10.2 Å². The maximum Gasteiger partial charge on any atom is 0.240 e. The normalized spacial score (nSPS) is 22.4. The molecule has 1 rings (SSSR count). The van der Waals surface area contributed by atoms with E-state index in [4.69, 9.17) is 5.73 Å². The molecule has 3 N–H and O–H groups in total. The molecule has 0 bridgehead atoms. The number of hydrogen-bond acceptors (Lipinski definition) is 3. The Morgan fingerprint density at radius 2 is 2.00 bits per heavy atom. The third-order valence-corrected chi connectivity index (χ3v) is 3.11. The summed E-state index contributed by atoms with van der Waals surface area (Å²) in [5.41, 5.74) is 5.71. The SMILES string of the molecule is CC(=O)NC1CCN(C(=O)[C@@H](N)C(C)(C)C)C1. The zero-order valence-corrected chi connectivity index (χ0v) is 11.1. The molecule has 98 valence electrons.